The third-order valence-electron chi connectivity index (χ3n) is 23.9. The predicted molar refractivity (Wildman–Crippen MR) is 373 cm³/mol. The van der Waals surface area contributed by atoms with Crippen molar-refractivity contribution >= 4 is 52.1 Å². The van der Waals surface area contributed by atoms with Gasteiger partial charge in [-0.2, -0.15) is 0 Å². The number of aryl methyl sites for hydroxylation is 4. The summed E-state index contributed by atoms with van der Waals surface area (Å²) in [6, 6.07) is 46.3. The van der Waals surface area contributed by atoms with E-state index in [1.165, 1.54) is 158 Å². The first kappa shape index (κ1) is 63.6. The van der Waals surface area contributed by atoms with E-state index in [2.05, 4.69) is 102 Å². The Morgan fingerprint density at radius 3 is 1.84 bits per heavy atom. The summed E-state index contributed by atoms with van der Waals surface area (Å²) in [6.07, 6.45) is 40.0. The maximum atomic E-state index is 13.0. The van der Waals surface area contributed by atoms with E-state index < -0.39 is 0 Å². The number of allylic oxidation sites excluding steroid dienone is 4. The van der Waals surface area contributed by atoms with Crippen LogP contribution in [0, 0.1) is 47.3 Å². The van der Waals surface area contributed by atoms with Crippen molar-refractivity contribution in [2.75, 3.05) is 11.7 Å². The lowest BCUT2D eigenvalue weighted by Gasteiger charge is -2.47. The van der Waals surface area contributed by atoms with E-state index in [1.807, 2.05) is 59.5 Å². The van der Waals surface area contributed by atoms with Crippen molar-refractivity contribution < 1.29 is 33.4 Å². The minimum atomic E-state index is -0.0340. The van der Waals surface area contributed by atoms with Crippen molar-refractivity contribution in [2.45, 2.75) is 191 Å². The molecule has 0 saturated heterocycles. The van der Waals surface area contributed by atoms with Crippen molar-refractivity contribution in [3.8, 4) is 11.5 Å². The van der Waals surface area contributed by atoms with Gasteiger partial charge in [-0.1, -0.05) is 154 Å². The maximum absolute atomic E-state index is 13.0. The number of aromatic nitrogens is 1. The van der Waals surface area contributed by atoms with Crippen LogP contribution in [0.2, 0.25) is 0 Å². The van der Waals surface area contributed by atoms with Gasteiger partial charge in [0.15, 0.2) is 23.1 Å². The zero-order chi connectivity index (χ0) is 63.9. The number of pyridine rings is 1. The second-order valence-corrected chi connectivity index (χ2v) is 29.1. The highest BCUT2D eigenvalue weighted by molar-refractivity contribution is 6.04. The molecule has 9 nitrogen and oxygen atoms in total. The van der Waals surface area contributed by atoms with Gasteiger partial charge in [0, 0.05) is 55.8 Å². The first-order chi connectivity index (χ1) is 46.2. The summed E-state index contributed by atoms with van der Waals surface area (Å²) in [4.78, 5) is 67.1. The number of fused-ring (bicyclic) bond motifs is 17. The Labute approximate surface area is 557 Å². The van der Waals surface area contributed by atoms with Gasteiger partial charge in [0.1, 0.15) is 17.4 Å². The molecule has 1 amide bonds. The fraction of sp³-hybridized carbons (Fsp3) is 0.459. The summed E-state index contributed by atoms with van der Waals surface area (Å²) in [7, 11) is 0. The zero-order valence-corrected chi connectivity index (χ0v) is 55.0. The number of benzene rings is 5. The van der Waals surface area contributed by atoms with Crippen LogP contribution in [-0.2, 0) is 49.7 Å². The first-order valence-electron chi connectivity index (χ1n) is 36.4. The number of carbonyl (C=O) groups excluding carboxylic acids is 5. The van der Waals surface area contributed by atoms with E-state index in [4.69, 9.17) is 9.47 Å². The van der Waals surface area contributed by atoms with Crippen LogP contribution in [0.15, 0.2) is 158 Å². The number of nitrogens with zero attached hydrogens (tertiary/aromatic N) is 2. The summed E-state index contributed by atoms with van der Waals surface area (Å²) >= 11 is 0. The lowest BCUT2D eigenvalue weighted by Crippen LogP contribution is -2.43. The molecule has 0 bridgehead atoms. The van der Waals surface area contributed by atoms with E-state index in [9.17, 15) is 24.0 Å². The molecule has 0 radical (unpaired) electrons. The van der Waals surface area contributed by atoms with Gasteiger partial charge in [-0.3, -0.25) is 28.9 Å². The first-order valence-corrected chi connectivity index (χ1v) is 36.4. The fourth-order valence-corrected chi connectivity index (χ4v) is 19.3. The molecular weight excluding hydrogens is 1160 g/mol. The van der Waals surface area contributed by atoms with Crippen LogP contribution in [0.25, 0.3) is 17.2 Å². The lowest BCUT2D eigenvalue weighted by atomic mass is 9.56. The number of hydrogen-bond donors (Lipinski definition) is 0. The number of Topliss-reactive ketones (excluding diaryl/α,β-unsaturated/α-hetero) is 2. The molecule has 10 atom stereocenters. The Kier molecular flexibility index (Phi) is 19.9. The Bertz CT molecular complexity index is 3830. The third-order valence-corrected chi connectivity index (χ3v) is 23.9. The molecule has 1 aliphatic heterocycles. The van der Waals surface area contributed by atoms with Crippen molar-refractivity contribution in [2.24, 2.45) is 47.3 Å². The van der Waals surface area contributed by atoms with Gasteiger partial charge in [-0.15, -0.1) is 0 Å². The molecule has 0 spiro atoms. The number of ether oxygens (including phenoxy) is 2. The highest BCUT2D eigenvalue weighted by Gasteiger charge is 2.47. The van der Waals surface area contributed by atoms with Crippen LogP contribution in [0.5, 0.6) is 11.5 Å². The molecule has 5 aromatic carbocycles. The smallest absolute Gasteiger partial charge is 0.252 e. The van der Waals surface area contributed by atoms with Gasteiger partial charge >= 0.3 is 0 Å². The Hall–Kier alpha value is -7.78. The number of hydrogen-bond acceptors (Lipinski definition) is 8. The molecule has 1 aromatic heterocycles. The Balaban J connectivity index is 0.000000103. The molecule has 2 heterocycles. The average Bonchev–Trinajstić information content (AvgIpc) is 0.898. The molecule has 10 unspecified atom stereocenters. The van der Waals surface area contributed by atoms with Gasteiger partial charge in [-0.05, 0) is 254 Å². The van der Waals surface area contributed by atoms with Gasteiger partial charge in [-0.25, -0.2) is 4.98 Å². The van der Waals surface area contributed by atoms with Crippen molar-refractivity contribution in [3.63, 3.8) is 0 Å². The second kappa shape index (κ2) is 29.5. The molecule has 12 aliphatic rings. The monoisotopic (exact) mass is 1250 g/mol. The lowest BCUT2D eigenvalue weighted by molar-refractivity contribution is -0.131. The second-order valence-electron chi connectivity index (χ2n) is 29.1. The molecule has 5 fully saturated rings. The van der Waals surface area contributed by atoms with Crippen LogP contribution in [-0.4, -0.2) is 46.9 Å². The molecule has 5 saturated carbocycles. The quantitative estimate of drug-likeness (QED) is 0.160. The zero-order valence-electron chi connectivity index (χ0n) is 55.0. The van der Waals surface area contributed by atoms with E-state index >= 15 is 0 Å². The van der Waals surface area contributed by atoms with Gasteiger partial charge in [0.05, 0.1) is 0 Å². The van der Waals surface area contributed by atoms with Crippen LogP contribution in [0.4, 0.5) is 5.82 Å². The van der Waals surface area contributed by atoms with Crippen molar-refractivity contribution in [1.29, 1.82) is 0 Å². The van der Waals surface area contributed by atoms with E-state index in [0.717, 1.165) is 99.6 Å². The summed E-state index contributed by atoms with van der Waals surface area (Å²) in [5.41, 5.74) is 15.0. The van der Waals surface area contributed by atoms with E-state index in [0.29, 0.717) is 76.2 Å². The molecule has 94 heavy (non-hydrogen) atoms. The van der Waals surface area contributed by atoms with Gasteiger partial charge < -0.3 is 9.47 Å². The molecule has 6 aromatic rings. The molecule has 18 rings (SSSR count). The predicted octanol–water partition coefficient (Wildman–Crippen LogP) is 18.4. The van der Waals surface area contributed by atoms with Crippen LogP contribution < -0.4 is 14.4 Å². The minimum Gasteiger partial charge on any atom is -0.454 e. The van der Waals surface area contributed by atoms with E-state index in [1.54, 1.807) is 12.3 Å². The number of carbonyl (C=O) groups is 5. The highest BCUT2D eigenvalue weighted by atomic mass is 16.7. The summed E-state index contributed by atoms with van der Waals surface area (Å²) in [5, 5.41) is 0. The molecule has 9 heteroatoms. The number of rotatable bonds is 4. The van der Waals surface area contributed by atoms with Crippen molar-refractivity contribution in [3.05, 3.63) is 208 Å². The van der Waals surface area contributed by atoms with E-state index in [-0.39, 0.29) is 18.7 Å². The fourth-order valence-electron chi connectivity index (χ4n) is 19.3. The summed E-state index contributed by atoms with van der Waals surface area (Å²) in [6.45, 7) is 0.247. The summed E-state index contributed by atoms with van der Waals surface area (Å²) in [5.74, 6) is 9.92. The number of anilines is 1. The summed E-state index contributed by atoms with van der Waals surface area (Å²) < 4.78 is 10.7. The van der Waals surface area contributed by atoms with Gasteiger partial charge in [0.2, 0.25) is 6.79 Å². The SMILES string of the molecule is O=C(/C=C/c1ccc2c(c1)OCO2)N(c1ccccn1)C1CCCCC1.O=C1C=C2c3ccccc3CCC2C2CCCCC12.O=C1C=C2c3ccccc3CCC2CC1.O=C1CC2c3ccccc3CCC2C2CCCCC12.O=C1CCC2CCc3ccccc3C2C1. The minimum absolute atomic E-state index is 0.0340. The van der Waals surface area contributed by atoms with Crippen LogP contribution in [0.1, 0.15) is 210 Å². The van der Waals surface area contributed by atoms with Gasteiger partial charge in [0.25, 0.3) is 5.91 Å². The normalized spacial score (nSPS) is 27.4. The molecule has 0 N–H and O–H groups in total. The third kappa shape index (κ3) is 14.0. The molecular formula is C85H94N2O7. The average molecular weight is 1260 g/mol. The number of ketones is 4. The largest absolute Gasteiger partial charge is 0.454 e. The molecule has 11 aliphatic carbocycles. The highest BCUT2D eigenvalue weighted by Crippen LogP contribution is 2.54. The van der Waals surface area contributed by atoms with Crippen LogP contribution in [0.3, 0.4) is 0 Å². The van der Waals surface area contributed by atoms with Crippen molar-refractivity contribution in [1.82, 2.24) is 4.98 Å². The van der Waals surface area contributed by atoms with Crippen LogP contribution >= 0.6 is 0 Å². The topological polar surface area (TPSA) is 120 Å². The maximum Gasteiger partial charge on any atom is 0.252 e. The standard InChI is InChI=1S/C21H22N2O3.C18H22O.C18H20O.C14H16O.C14H14O/c24-21(12-10-16-9-11-18-19(14-16)26-15-25-18)23(17-6-2-1-3-7-17)20-8-4-5-13-22-20;2*19-18-11-17-13-6-2-1-5-12(13)9-10-15(17)14-7-3-4-8-16(14)18;2*15-12-8-7-11-6-5-10-3-1-2-4-13(10)14(11)9-12/h4-5,8-14,17H,1-3,6-7,15H2;1-2,5-6,14-17H,3-4,7-11H2;1-2,5-6,11,14-16H,3-4,7-10H2;1-4,11,14H,5-9H2;1-4,9,11H,5-8H2/b12-10+;;;;. The Morgan fingerprint density at radius 2 is 1.07 bits per heavy atom. The Morgan fingerprint density at radius 1 is 0.468 bits per heavy atom. The number of amides is 1. The molecule has 486 valence electrons.